The van der Waals surface area contributed by atoms with Crippen molar-refractivity contribution in [3.05, 3.63) is 41.1 Å². The minimum atomic E-state index is -0.980. The van der Waals surface area contributed by atoms with Gasteiger partial charge in [0.05, 0.1) is 18.4 Å². The molecule has 0 fully saturated rings. The van der Waals surface area contributed by atoms with E-state index in [1.54, 1.807) is 20.0 Å². The summed E-state index contributed by atoms with van der Waals surface area (Å²) in [4.78, 5) is 25.6. The number of nitrogens with zero attached hydrogens (tertiary/aromatic N) is 3. The highest BCUT2D eigenvalue weighted by Gasteiger charge is 2.15. The van der Waals surface area contributed by atoms with Crippen LogP contribution in [0.3, 0.4) is 0 Å². The molecule has 0 aromatic carbocycles. The minimum absolute atomic E-state index is 0.0798. The van der Waals surface area contributed by atoms with Gasteiger partial charge in [-0.2, -0.15) is 0 Å². The third kappa shape index (κ3) is 4.28. The molecular weight excluding hydrogens is 298 g/mol. The monoisotopic (exact) mass is 315 g/mol. The van der Waals surface area contributed by atoms with E-state index in [1.165, 1.54) is 12.3 Å². The molecule has 120 valence electrons. The van der Waals surface area contributed by atoms with Crippen molar-refractivity contribution in [2.24, 2.45) is 5.73 Å². The number of fused-ring (bicyclic) bond motifs is 1. The second kappa shape index (κ2) is 6.46. The number of H-pyrrole nitrogens is 1. The summed E-state index contributed by atoms with van der Waals surface area (Å²) in [6.45, 7) is 10.2. The summed E-state index contributed by atoms with van der Waals surface area (Å²) in [5.41, 5.74) is 5.89. The maximum atomic E-state index is 11.0. The van der Waals surface area contributed by atoms with Crippen LogP contribution in [-0.2, 0) is 11.2 Å². The number of aromatic amines is 1. The molecule has 1 amide bonds. The van der Waals surface area contributed by atoms with E-state index in [1.807, 2.05) is 0 Å². The fourth-order valence-electron chi connectivity index (χ4n) is 1.81. The van der Waals surface area contributed by atoms with E-state index in [0.717, 1.165) is 5.56 Å². The number of aliphatic hydroxyl groups is 1. The Morgan fingerprint density at radius 1 is 1.61 bits per heavy atom. The Bertz CT molecular complexity index is 796. The van der Waals surface area contributed by atoms with Gasteiger partial charge in [0, 0.05) is 11.8 Å². The van der Waals surface area contributed by atoms with Crippen molar-refractivity contribution in [3.63, 3.8) is 0 Å². The standard InChI is InChI=1S/C15H17N5O3/c1-15(2,22)8-23-11-7-19-14-12(20-11)9(6-18-14)4-5-10(17-3)13(16)21/h5-7,22H,4,8H2,1-2H3,(H2,16,21)(H,18,19)/b10-5-. The number of hydrogen-bond donors (Lipinski definition) is 3. The van der Waals surface area contributed by atoms with Crippen LogP contribution in [0.25, 0.3) is 16.0 Å². The average molecular weight is 315 g/mol. The topological polar surface area (TPSA) is 118 Å². The molecule has 4 N–H and O–H groups in total. The first kappa shape index (κ1) is 16.5. The normalized spacial score (nSPS) is 12.2. The number of aromatic nitrogens is 3. The van der Waals surface area contributed by atoms with Gasteiger partial charge in [0.1, 0.15) is 12.1 Å². The van der Waals surface area contributed by atoms with Crippen molar-refractivity contribution in [3.8, 4) is 5.88 Å². The van der Waals surface area contributed by atoms with Gasteiger partial charge in [-0.3, -0.25) is 4.79 Å². The van der Waals surface area contributed by atoms with Crippen molar-refractivity contribution in [2.75, 3.05) is 6.61 Å². The van der Waals surface area contributed by atoms with Gasteiger partial charge >= 0.3 is 0 Å². The third-order valence-electron chi connectivity index (χ3n) is 2.90. The number of nitrogens with one attached hydrogen (secondary N) is 1. The summed E-state index contributed by atoms with van der Waals surface area (Å²) in [6, 6.07) is 0. The Morgan fingerprint density at radius 2 is 2.35 bits per heavy atom. The Labute approximate surface area is 132 Å². The minimum Gasteiger partial charge on any atom is -0.474 e. The molecule has 8 nitrogen and oxygen atoms in total. The highest BCUT2D eigenvalue weighted by Crippen LogP contribution is 2.19. The van der Waals surface area contributed by atoms with Crippen LogP contribution < -0.4 is 10.5 Å². The first-order valence-corrected chi connectivity index (χ1v) is 6.86. The lowest BCUT2D eigenvalue weighted by Crippen LogP contribution is -2.28. The molecule has 0 saturated carbocycles. The van der Waals surface area contributed by atoms with E-state index < -0.39 is 11.5 Å². The molecule has 0 aliphatic heterocycles. The van der Waals surface area contributed by atoms with E-state index in [2.05, 4.69) is 19.8 Å². The van der Waals surface area contributed by atoms with E-state index in [-0.39, 0.29) is 18.2 Å². The summed E-state index contributed by atoms with van der Waals surface area (Å²) in [5, 5.41) is 9.67. The van der Waals surface area contributed by atoms with Crippen LogP contribution in [0.15, 0.2) is 24.2 Å². The molecule has 2 rings (SSSR count). The molecule has 0 aliphatic carbocycles. The van der Waals surface area contributed by atoms with Gasteiger partial charge in [-0.15, -0.1) is 0 Å². The summed E-state index contributed by atoms with van der Waals surface area (Å²) in [6.07, 6.45) is 4.91. The van der Waals surface area contributed by atoms with E-state index in [0.29, 0.717) is 17.6 Å². The number of nitrogens with two attached hydrogens (primary N) is 1. The van der Waals surface area contributed by atoms with Crippen molar-refractivity contribution in [1.82, 2.24) is 15.0 Å². The zero-order chi connectivity index (χ0) is 17.0. The number of ether oxygens (including phenoxy) is 1. The van der Waals surface area contributed by atoms with Crippen molar-refractivity contribution in [1.29, 1.82) is 0 Å². The fourth-order valence-corrected chi connectivity index (χ4v) is 1.81. The number of amides is 1. The zero-order valence-corrected chi connectivity index (χ0v) is 12.8. The lowest BCUT2D eigenvalue weighted by atomic mass is 10.2. The number of hydrogen-bond acceptors (Lipinski definition) is 5. The quantitative estimate of drug-likeness (QED) is 0.541. The summed E-state index contributed by atoms with van der Waals surface area (Å²) < 4.78 is 5.41. The van der Waals surface area contributed by atoms with Crippen molar-refractivity contribution in [2.45, 2.75) is 25.9 Å². The molecule has 2 heterocycles. The summed E-state index contributed by atoms with van der Waals surface area (Å²) in [7, 11) is 0. The van der Waals surface area contributed by atoms with E-state index in [9.17, 15) is 9.90 Å². The highest BCUT2D eigenvalue weighted by molar-refractivity contribution is 5.93. The average Bonchev–Trinajstić information content (AvgIpc) is 2.87. The number of carbonyl (C=O) groups is 1. The van der Waals surface area contributed by atoms with Crippen LogP contribution in [0.5, 0.6) is 5.88 Å². The molecule has 2 aromatic rings. The van der Waals surface area contributed by atoms with Gasteiger partial charge in [0.2, 0.25) is 17.5 Å². The predicted octanol–water partition coefficient (Wildman–Crippen LogP) is 0.939. The second-order valence-electron chi connectivity index (χ2n) is 5.59. The van der Waals surface area contributed by atoms with Crippen LogP contribution in [0.2, 0.25) is 0 Å². The lowest BCUT2D eigenvalue weighted by molar-refractivity contribution is -0.114. The molecule has 0 unspecified atom stereocenters. The van der Waals surface area contributed by atoms with Gasteiger partial charge < -0.3 is 20.6 Å². The van der Waals surface area contributed by atoms with Crippen LogP contribution in [-0.4, -0.2) is 38.2 Å². The maximum Gasteiger partial charge on any atom is 0.247 e. The molecule has 0 spiro atoms. The Kier molecular flexibility index (Phi) is 4.62. The molecule has 2 aromatic heterocycles. The van der Waals surface area contributed by atoms with Gasteiger partial charge in [-0.1, -0.05) is 6.08 Å². The van der Waals surface area contributed by atoms with E-state index >= 15 is 0 Å². The SMILES string of the molecule is [C-]#[N+]/C(=C\Cc1c[nH]c2ncc(OCC(C)(C)O)nc12)C(N)=O. The van der Waals surface area contributed by atoms with Gasteiger partial charge in [-0.25, -0.2) is 14.8 Å². The third-order valence-corrected chi connectivity index (χ3v) is 2.90. The molecule has 0 bridgehead atoms. The van der Waals surface area contributed by atoms with E-state index in [4.69, 9.17) is 17.0 Å². The Balaban J connectivity index is 2.25. The van der Waals surface area contributed by atoms with Crippen molar-refractivity contribution >= 4 is 17.1 Å². The number of carbonyl (C=O) groups excluding carboxylic acids is 1. The molecule has 0 radical (unpaired) electrons. The number of primary amides is 1. The lowest BCUT2D eigenvalue weighted by Gasteiger charge is -2.16. The highest BCUT2D eigenvalue weighted by atomic mass is 16.5. The Morgan fingerprint density at radius 3 is 2.96 bits per heavy atom. The van der Waals surface area contributed by atoms with Gasteiger partial charge in [0.15, 0.2) is 5.65 Å². The molecule has 0 saturated heterocycles. The number of rotatable bonds is 6. The predicted molar refractivity (Wildman–Crippen MR) is 83.3 cm³/mol. The first-order chi connectivity index (χ1) is 10.8. The molecule has 8 heteroatoms. The summed E-state index contributed by atoms with van der Waals surface area (Å²) in [5.74, 6) is -0.482. The largest absolute Gasteiger partial charge is 0.474 e. The van der Waals surface area contributed by atoms with Gasteiger partial charge in [0.25, 0.3) is 0 Å². The fraction of sp³-hybridized carbons (Fsp3) is 0.333. The molecule has 23 heavy (non-hydrogen) atoms. The van der Waals surface area contributed by atoms with Crippen LogP contribution >= 0.6 is 0 Å². The summed E-state index contributed by atoms with van der Waals surface area (Å²) >= 11 is 0. The molecule has 0 aliphatic rings. The second-order valence-corrected chi connectivity index (χ2v) is 5.59. The van der Waals surface area contributed by atoms with Gasteiger partial charge in [-0.05, 0) is 20.3 Å². The van der Waals surface area contributed by atoms with Crippen LogP contribution in [0.4, 0.5) is 0 Å². The molecular formula is C15H17N5O3. The Hall–Kier alpha value is -2.92. The van der Waals surface area contributed by atoms with Crippen LogP contribution in [0.1, 0.15) is 19.4 Å². The smallest absolute Gasteiger partial charge is 0.247 e. The maximum absolute atomic E-state index is 11.0. The number of allylic oxidation sites excluding steroid dienone is 1. The zero-order valence-electron chi connectivity index (χ0n) is 12.8. The first-order valence-electron chi connectivity index (χ1n) is 6.86. The molecule has 0 atom stereocenters. The van der Waals surface area contributed by atoms with Crippen molar-refractivity contribution < 1.29 is 14.6 Å². The van der Waals surface area contributed by atoms with Crippen LogP contribution in [0, 0.1) is 6.57 Å².